The number of carbonyl (C=O) groups is 8. The van der Waals surface area contributed by atoms with Crippen molar-refractivity contribution in [1.29, 1.82) is 0 Å². The Balaban J connectivity index is 0.000000179. The Kier molecular flexibility index (Phi) is 25.4. The van der Waals surface area contributed by atoms with E-state index in [4.69, 9.17) is 53.5 Å². The van der Waals surface area contributed by atoms with Crippen LogP contribution in [0.2, 0.25) is 0 Å². The third-order valence-corrected chi connectivity index (χ3v) is 25.0. The van der Waals surface area contributed by atoms with E-state index in [1.54, 1.807) is 13.8 Å². The molecule has 16 rings (SSSR count). The maximum atomic E-state index is 14.0. The Morgan fingerprint density at radius 2 is 0.806 bits per heavy atom. The molecule has 124 heavy (non-hydrogen) atoms. The topological polar surface area (TPSA) is 353 Å². The van der Waals surface area contributed by atoms with Crippen LogP contribution in [0.15, 0.2) is 107 Å². The zero-order chi connectivity index (χ0) is 89.0. The SMILES string of the molecule is COC(=O)N[C@H](C(=O)N1C(C2=Nc3ccc4cc5c(cc4c3C2)OCc2cc(-c3cnc([C@@H]4CC[C@H](C)N4C(=O)[C@@H](NC(=O)OC)C(C)C)[nH]3)ccc2-5)CC[C@@H]1C)C(C)C.COC(=O)N[C@H](C(=O)O)C(C)C.C[C@H]1CCC(C2=Nc3ccc4cc5c(cc4c3C2)OCc2cc(-c3cnc([C@@H]4CC[C@H](C)N4C(=O)OC(C)(C)C)[nH]3)ccc2-5)N1C(=O)OC(C)(C)C. The Hall–Kier alpha value is -12.0. The van der Waals surface area contributed by atoms with Gasteiger partial charge in [0.15, 0.2) is 0 Å². The fourth-order valence-electron chi connectivity index (χ4n) is 18.6. The van der Waals surface area contributed by atoms with E-state index in [1.165, 1.54) is 26.9 Å². The molecule has 0 radical (unpaired) electrons. The molecule has 0 bridgehead atoms. The van der Waals surface area contributed by atoms with Gasteiger partial charge in [-0.15, -0.1) is 0 Å². The molecule has 2 unspecified atom stereocenters. The van der Waals surface area contributed by atoms with Crippen LogP contribution in [0.25, 0.3) is 66.3 Å². The van der Waals surface area contributed by atoms with Crippen molar-refractivity contribution < 1.29 is 76.6 Å². The molecule has 8 aliphatic heterocycles. The van der Waals surface area contributed by atoms with Crippen LogP contribution in [-0.2, 0) is 64.1 Å². The molecule has 6 N–H and O–H groups in total. The molecule has 0 saturated carbocycles. The van der Waals surface area contributed by atoms with Crippen LogP contribution < -0.4 is 25.4 Å². The zero-order valence-corrected chi connectivity index (χ0v) is 74.5. The first kappa shape index (κ1) is 88.3. The highest BCUT2D eigenvalue weighted by Crippen LogP contribution is 2.49. The standard InChI is InChI=1S/C46H55N7O7.C42H49N5O5.C7H13NO4/c1-23(2)40(50-45(56)58-7)43(54)52-25(5)9-15-37(52)35-19-32-31-20-39-33(18-27(31)12-14-34(32)48-35)30-13-11-28(17-29(30)22-60-39)36-21-47-42(49-36)38-16-10-26(6)53(38)44(55)41(24(3)4)51-46(57)59-8;1-23-9-15-35(46(23)39(48)51-41(3,4)5)33-19-30-29-20-37-31(18-25(29)12-14-32(30)44-33)28-13-11-26(17-27(28)22-50-37)34-21-43-38(45-34)36-16-10-24(2)47(36)40(49)52-42(6,7)8;1-4(2)5(6(9)10)8-7(11)12-3/h11-14,17-18,20-21,23-26,37-38,40-41H,9-10,15-16,19,22H2,1-8H3,(H,47,49)(H,50,56)(H,51,57);11-14,17-18,20-21,23-24,35-36H,9-10,15-16,19,22H2,1-8H3,(H,43,45);4-5H,1-3H3,(H,8,11)(H,9,10)/t25-,26-,37?,38-,40-,41-;23-,24-,35?,36-;5-/m000/s1. The van der Waals surface area contributed by atoms with E-state index in [0.29, 0.717) is 31.9 Å². The minimum atomic E-state index is -1.06. The van der Waals surface area contributed by atoms with Crippen molar-refractivity contribution in [3.05, 3.63) is 131 Å². The van der Waals surface area contributed by atoms with E-state index >= 15 is 0 Å². The molecule has 6 aromatic carbocycles. The van der Waals surface area contributed by atoms with Crippen LogP contribution in [-0.4, -0.2) is 191 Å². The number of aromatic amines is 2. The molecule has 10 heterocycles. The van der Waals surface area contributed by atoms with Crippen LogP contribution >= 0.6 is 0 Å². The molecular formula is C95H117N13O16. The van der Waals surface area contributed by atoms with Crippen molar-refractivity contribution in [3.63, 3.8) is 0 Å². The lowest BCUT2D eigenvalue weighted by molar-refractivity contribution is -0.140. The van der Waals surface area contributed by atoms with Crippen molar-refractivity contribution in [3.8, 4) is 56.3 Å². The minimum Gasteiger partial charge on any atom is -0.488 e. The molecule has 11 atom stereocenters. The molecule has 0 aliphatic carbocycles. The summed E-state index contributed by atoms with van der Waals surface area (Å²) in [5.74, 6) is 1.44. The Morgan fingerprint density at radius 3 is 1.19 bits per heavy atom. The number of carboxylic acids is 1. The molecule has 29 nitrogen and oxygen atoms in total. The lowest BCUT2D eigenvalue weighted by Gasteiger charge is -2.33. The van der Waals surface area contributed by atoms with Gasteiger partial charge in [0.05, 0.1) is 80.7 Å². The monoisotopic (exact) mass is 1700 g/mol. The number of likely N-dealkylation sites (tertiary alicyclic amines) is 4. The van der Waals surface area contributed by atoms with Crippen molar-refractivity contribution >= 4 is 92.6 Å². The number of aliphatic carboxylic acids is 1. The summed E-state index contributed by atoms with van der Waals surface area (Å²) in [6, 6.07) is 27.2. The number of aliphatic imine (C=N–C) groups is 2. The van der Waals surface area contributed by atoms with Crippen molar-refractivity contribution in [2.24, 2.45) is 27.7 Å². The third-order valence-electron chi connectivity index (χ3n) is 25.0. The molecule has 4 saturated heterocycles. The molecular weight excluding hydrogens is 1580 g/mol. The van der Waals surface area contributed by atoms with Gasteiger partial charge in [0, 0.05) is 59.6 Å². The Bertz CT molecular complexity index is 5540. The lowest BCUT2D eigenvalue weighted by atomic mass is 9.90. The summed E-state index contributed by atoms with van der Waals surface area (Å²) < 4.78 is 38.3. The van der Waals surface area contributed by atoms with Gasteiger partial charge in [-0.3, -0.25) is 29.4 Å². The Labute approximate surface area is 723 Å². The largest absolute Gasteiger partial charge is 0.488 e. The number of nitrogens with one attached hydrogen (secondary N) is 5. The number of fused-ring (bicyclic) bond motifs is 12. The lowest BCUT2D eigenvalue weighted by Crippen LogP contribution is -2.55. The first-order valence-electron chi connectivity index (χ1n) is 43.3. The van der Waals surface area contributed by atoms with Crippen molar-refractivity contribution in [2.45, 2.75) is 266 Å². The van der Waals surface area contributed by atoms with E-state index in [0.717, 1.165) is 174 Å². The van der Waals surface area contributed by atoms with Gasteiger partial charge in [-0.05, 0) is 253 Å². The van der Waals surface area contributed by atoms with Crippen molar-refractivity contribution in [1.82, 2.24) is 55.5 Å². The number of benzene rings is 6. The number of H-pyrrole nitrogens is 2. The van der Waals surface area contributed by atoms with Gasteiger partial charge in [0.1, 0.15) is 65.7 Å². The van der Waals surface area contributed by atoms with E-state index in [9.17, 15) is 38.4 Å². The summed E-state index contributed by atoms with van der Waals surface area (Å²) in [7, 11) is 3.79. The zero-order valence-electron chi connectivity index (χ0n) is 74.5. The average molecular weight is 1700 g/mol. The van der Waals surface area contributed by atoms with Crippen LogP contribution in [0.1, 0.15) is 208 Å². The van der Waals surface area contributed by atoms with Crippen LogP contribution in [0.5, 0.6) is 11.5 Å². The summed E-state index contributed by atoms with van der Waals surface area (Å²) >= 11 is 0. The summed E-state index contributed by atoms with van der Waals surface area (Å²) in [6.07, 6.45) is 9.25. The number of aromatic nitrogens is 4. The maximum Gasteiger partial charge on any atom is 0.411 e. The Morgan fingerprint density at radius 1 is 0.452 bits per heavy atom. The minimum absolute atomic E-state index is 0.0116. The molecule has 8 aromatic rings. The number of imidazole rings is 2. The number of amides is 7. The number of hydrogen-bond donors (Lipinski definition) is 6. The predicted molar refractivity (Wildman–Crippen MR) is 472 cm³/mol. The molecule has 658 valence electrons. The van der Waals surface area contributed by atoms with Gasteiger partial charge in [-0.1, -0.05) is 77.9 Å². The maximum absolute atomic E-state index is 14.0. The molecule has 0 spiro atoms. The molecule has 29 heteroatoms. The second-order valence-corrected chi connectivity index (χ2v) is 37.0. The summed E-state index contributed by atoms with van der Waals surface area (Å²) in [4.78, 5) is 134. The normalized spacial score (nSPS) is 21.0. The first-order valence-corrected chi connectivity index (χ1v) is 43.3. The highest BCUT2D eigenvalue weighted by atomic mass is 16.6. The number of ether oxygens (including phenoxy) is 7. The number of rotatable bonds is 15. The molecule has 8 aliphatic rings. The number of alkyl carbamates (subject to hydrolysis) is 3. The van der Waals surface area contributed by atoms with Gasteiger partial charge in [-0.25, -0.2) is 38.7 Å². The second kappa shape index (κ2) is 35.7. The van der Waals surface area contributed by atoms with Gasteiger partial charge in [0.25, 0.3) is 0 Å². The quantitative estimate of drug-likeness (QED) is 0.0519. The average Bonchev–Trinajstić information content (AvgIpc) is 1.44. The van der Waals surface area contributed by atoms with E-state index in [-0.39, 0.29) is 90.1 Å². The molecule has 7 amide bonds. The van der Waals surface area contributed by atoms with Crippen LogP contribution in [0, 0.1) is 17.8 Å². The fraction of sp³-hybridized carbons (Fsp3) is 0.495. The van der Waals surface area contributed by atoms with Gasteiger partial charge in [-0.2, -0.15) is 0 Å². The third kappa shape index (κ3) is 18.2. The van der Waals surface area contributed by atoms with Crippen LogP contribution in [0.3, 0.4) is 0 Å². The second-order valence-electron chi connectivity index (χ2n) is 37.0. The van der Waals surface area contributed by atoms with E-state index < -0.39 is 53.6 Å². The van der Waals surface area contributed by atoms with E-state index in [1.807, 2.05) is 108 Å². The molecule has 4 fully saturated rings. The van der Waals surface area contributed by atoms with Crippen molar-refractivity contribution in [2.75, 3.05) is 21.3 Å². The molecule has 2 aromatic heterocycles. The number of methoxy groups -OCH3 is 3. The van der Waals surface area contributed by atoms with Crippen LogP contribution in [0.4, 0.5) is 35.3 Å². The van der Waals surface area contributed by atoms with E-state index in [2.05, 4.69) is 136 Å². The van der Waals surface area contributed by atoms with Gasteiger partial charge in [0.2, 0.25) is 11.8 Å². The summed E-state index contributed by atoms with van der Waals surface area (Å²) in [6.45, 7) is 31.6. The fourth-order valence-corrected chi connectivity index (χ4v) is 18.6. The predicted octanol–water partition coefficient (Wildman–Crippen LogP) is 17.7. The summed E-state index contributed by atoms with van der Waals surface area (Å²) in [5, 5.41) is 20.8. The van der Waals surface area contributed by atoms with Gasteiger partial charge < -0.3 is 74.0 Å². The highest BCUT2D eigenvalue weighted by Gasteiger charge is 2.47. The van der Waals surface area contributed by atoms with Gasteiger partial charge >= 0.3 is 36.4 Å². The number of carbonyl (C=O) groups excluding carboxylic acids is 7. The number of nitrogens with zero attached hydrogens (tertiary/aromatic N) is 8. The smallest absolute Gasteiger partial charge is 0.411 e. The number of hydrogen-bond acceptors (Lipinski definition) is 19. The summed E-state index contributed by atoms with van der Waals surface area (Å²) in [5.41, 5.74) is 15.3. The highest BCUT2D eigenvalue weighted by molar-refractivity contribution is 6.08. The first-order chi connectivity index (χ1) is 58.9. The number of carboxylic acid groups (broad SMARTS) is 1.